The Morgan fingerprint density at radius 2 is 1.31 bits per heavy atom. The van der Waals surface area contributed by atoms with Gasteiger partial charge in [-0.1, -0.05) is 67.9 Å². The molecule has 0 unspecified atom stereocenters. The van der Waals surface area contributed by atoms with Gasteiger partial charge in [0, 0.05) is 18.9 Å². The lowest BCUT2D eigenvalue weighted by atomic mass is 9.85. The molecule has 36 heavy (non-hydrogen) atoms. The van der Waals surface area contributed by atoms with Gasteiger partial charge in [-0.05, 0) is 80.0 Å². The van der Waals surface area contributed by atoms with Gasteiger partial charge in [0.25, 0.3) is 0 Å². The normalized spacial score (nSPS) is 12.9. The SMILES string of the molecule is COc1ccc([C@H](CCNC(=O)C[C@@H](c2ccc(C)cc2)c2ccc(OC(C)C)cc2)C(C)C)cc1. The van der Waals surface area contributed by atoms with Crippen molar-refractivity contribution >= 4 is 5.91 Å². The lowest BCUT2D eigenvalue weighted by molar-refractivity contribution is -0.121. The van der Waals surface area contributed by atoms with Crippen molar-refractivity contribution in [2.45, 2.75) is 65.4 Å². The first-order valence-electron chi connectivity index (χ1n) is 13.0. The Bertz CT molecular complexity index is 1070. The third-order valence-corrected chi connectivity index (χ3v) is 6.65. The number of aryl methyl sites for hydroxylation is 1. The van der Waals surface area contributed by atoms with Crippen molar-refractivity contribution in [1.29, 1.82) is 0 Å². The molecule has 4 heteroatoms. The van der Waals surface area contributed by atoms with Crippen molar-refractivity contribution in [3.05, 3.63) is 95.1 Å². The summed E-state index contributed by atoms with van der Waals surface area (Å²) in [5.74, 6) is 2.61. The van der Waals surface area contributed by atoms with E-state index in [2.05, 4.69) is 74.6 Å². The number of carbonyl (C=O) groups excluding carboxylic acids is 1. The summed E-state index contributed by atoms with van der Waals surface area (Å²) in [6.45, 7) is 11.2. The average Bonchev–Trinajstić information content (AvgIpc) is 2.86. The van der Waals surface area contributed by atoms with E-state index in [0.717, 1.165) is 29.0 Å². The quantitative estimate of drug-likeness (QED) is 0.292. The van der Waals surface area contributed by atoms with E-state index in [1.165, 1.54) is 11.1 Å². The molecule has 0 saturated heterocycles. The first-order valence-corrected chi connectivity index (χ1v) is 13.0. The summed E-state index contributed by atoms with van der Waals surface area (Å²) in [5, 5.41) is 3.19. The molecule has 0 heterocycles. The third-order valence-electron chi connectivity index (χ3n) is 6.65. The minimum absolute atomic E-state index is 0.0128. The van der Waals surface area contributed by atoms with Gasteiger partial charge in [-0.15, -0.1) is 0 Å². The van der Waals surface area contributed by atoms with Gasteiger partial charge in [-0.2, -0.15) is 0 Å². The van der Waals surface area contributed by atoms with E-state index in [1.807, 2.05) is 38.1 Å². The van der Waals surface area contributed by atoms with Crippen LogP contribution in [0.3, 0.4) is 0 Å². The van der Waals surface area contributed by atoms with Gasteiger partial charge in [0.15, 0.2) is 0 Å². The maximum Gasteiger partial charge on any atom is 0.220 e. The molecule has 0 spiro atoms. The minimum atomic E-state index is -0.0128. The summed E-state index contributed by atoms with van der Waals surface area (Å²) in [6, 6.07) is 24.9. The average molecular weight is 488 g/mol. The van der Waals surface area contributed by atoms with Crippen LogP contribution in [0.5, 0.6) is 11.5 Å². The molecule has 4 nitrogen and oxygen atoms in total. The molecule has 0 aliphatic heterocycles. The molecule has 1 N–H and O–H groups in total. The predicted octanol–water partition coefficient (Wildman–Crippen LogP) is 7.26. The number of carbonyl (C=O) groups is 1. The van der Waals surface area contributed by atoms with E-state index < -0.39 is 0 Å². The molecule has 3 aromatic carbocycles. The lowest BCUT2D eigenvalue weighted by Crippen LogP contribution is -2.28. The van der Waals surface area contributed by atoms with Crippen LogP contribution in [-0.2, 0) is 4.79 Å². The summed E-state index contributed by atoms with van der Waals surface area (Å²) in [6.07, 6.45) is 1.43. The molecule has 0 aliphatic carbocycles. The summed E-state index contributed by atoms with van der Waals surface area (Å²) in [4.78, 5) is 13.1. The molecule has 0 aromatic heterocycles. The molecule has 0 fully saturated rings. The standard InChI is InChI=1S/C32H41NO3/c1-22(2)30(25-11-15-28(35-6)16-12-25)19-20-33-32(34)21-31(26-9-7-24(5)8-10-26)27-13-17-29(18-14-27)36-23(3)4/h7-18,22-23,30-31H,19-21H2,1-6H3,(H,33,34)/t30-,31+/m1/s1. The number of hydrogen-bond acceptors (Lipinski definition) is 3. The number of ether oxygens (including phenoxy) is 2. The number of methoxy groups -OCH3 is 1. The maximum absolute atomic E-state index is 13.1. The van der Waals surface area contributed by atoms with Gasteiger partial charge in [-0.25, -0.2) is 0 Å². The second-order valence-electron chi connectivity index (χ2n) is 10.2. The summed E-state index contributed by atoms with van der Waals surface area (Å²) in [5.41, 5.74) is 4.75. The van der Waals surface area contributed by atoms with Crippen LogP contribution in [0.4, 0.5) is 0 Å². The number of benzene rings is 3. The number of amides is 1. The smallest absolute Gasteiger partial charge is 0.220 e. The molecule has 0 saturated carbocycles. The Hall–Kier alpha value is -3.27. The zero-order valence-corrected chi connectivity index (χ0v) is 22.6. The highest BCUT2D eigenvalue weighted by atomic mass is 16.5. The van der Waals surface area contributed by atoms with Crippen molar-refractivity contribution in [3.63, 3.8) is 0 Å². The monoisotopic (exact) mass is 487 g/mol. The third kappa shape index (κ3) is 7.87. The molecular formula is C32H41NO3. The van der Waals surface area contributed by atoms with Crippen LogP contribution in [0.1, 0.15) is 74.6 Å². The maximum atomic E-state index is 13.1. The highest BCUT2D eigenvalue weighted by molar-refractivity contribution is 5.77. The minimum Gasteiger partial charge on any atom is -0.497 e. The van der Waals surface area contributed by atoms with Crippen LogP contribution in [-0.4, -0.2) is 25.7 Å². The highest BCUT2D eigenvalue weighted by Gasteiger charge is 2.20. The highest BCUT2D eigenvalue weighted by Crippen LogP contribution is 2.31. The summed E-state index contributed by atoms with van der Waals surface area (Å²) in [7, 11) is 1.68. The van der Waals surface area contributed by atoms with Crippen LogP contribution in [0.2, 0.25) is 0 Å². The van der Waals surface area contributed by atoms with Crippen LogP contribution in [0.25, 0.3) is 0 Å². The molecular weight excluding hydrogens is 446 g/mol. The molecule has 3 rings (SSSR count). The Morgan fingerprint density at radius 3 is 1.83 bits per heavy atom. The van der Waals surface area contributed by atoms with E-state index >= 15 is 0 Å². The molecule has 0 aliphatic rings. The largest absolute Gasteiger partial charge is 0.497 e. The van der Waals surface area contributed by atoms with Crippen LogP contribution < -0.4 is 14.8 Å². The molecule has 192 valence electrons. The Morgan fingerprint density at radius 1 is 0.778 bits per heavy atom. The summed E-state index contributed by atoms with van der Waals surface area (Å²) < 4.78 is 11.1. The second kappa shape index (κ2) is 13.2. The fourth-order valence-corrected chi connectivity index (χ4v) is 4.64. The fraction of sp³-hybridized carbons (Fsp3) is 0.406. The number of nitrogens with one attached hydrogen (secondary N) is 1. The van der Waals surface area contributed by atoms with E-state index in [9.17, 15) is 4.79 Å². The van der Waals surface area contributed by atoms with Crippen molar-refractivity contribution in [2.75, 3.05) is 13.7 Å². The van der Waals surface area contributed by atoms with Gasteiger partial charge >= 0.3 is 0 Å². The molecule has 1 amide bonds. The molecule has 0 bridgehead atoms. The van der Waals surface area contributed by atoms with Gasteiger partial charge in [0.05, 0.1) is 13.2 Å². The van der Waals surface area contributed by atoms with E-state index in [0.29, 0.717) is 24.8 Å². The first-order chi connectivity index (χ1) is 17.3. The van der Waals surface area contributed by atoms with Gasteiger partial charge < -0.3 is 14.8 Å². The first kappa shape index (κ1) is 27.3. The van der Waals surface area contributed by atoms with Crippen LogP contribution in [0, 0.1) is 12.8 Å². The zero-order chi connectivity index (χ0) is 26.1. The van der Waals surface area contributed by atoms with Crippen molar-refractivity contribution < 1.29 is 14.3 Å². The number of hydrogen-bond donors (Lipinski definition) is 1. The topological polar surface area (TPSA) is 47.6 Å². The van der Waals surface area contributed by atoms with Crippen LogP contribution >= 0.6 is 0 Å². The Balaban J connectivity index is 1.67. The molecule has 2 atom stereocenters. The fourth-order valence-electron chi connectivity index (χ4n) is 4.64. The van der Waals surface area contributed by atoms with Gasteiger partial charge in [0.1, 0.15) is 11.5 Å². The van der Waals surface area contributed by atoms with Crippen molar-refractivity contribution in [3.8, 4) is 11.5 Å². The van der Waals surface area contributed by atoms with E-state index in [1.54, 1.807) is 7.11 Å². The second-order valence-corrected chi connectivity index (χ2v) is 10.2. The van der Waals surface area contributed by atoms with Crippen molar-refractivity contribution in [1.82, 2.24) is 5.32 Å². The number of rotatable bonds is 12. The Labute approximate surface area is 217 Å². The van der Waals surface area contributed by atoms with Gasteiger partial charge in [-0.3, -0.25) is 4.79 Å². The van der Waals surface area contributed by atoms with Crippen molar-refractivity contribution in [2.24, 2.45) is 5.92 Å². The molecule has 3 aromatic rings. The summed E-state index contributed by atoms with van der Waals surface area (Å²) >= 11 is 0. The lowest BCUT2D eigenvalue weighted by Gasteiger charge is -2.23. The zero-order valence-electron chi connectivity index (χ0n) is 22.6. The Kier molecular flexibility index (Phi) is 9.98. The predicted molar refractivity (Wildman–Crippen MR) is 148 cm³/mol. The van der Waals surface area contributed by atoms with Gasteiger partial charge in [0.2, 0.25) is 5.91 Å². The van der Waals surface area contributed by atoms with Crippen LogP contribution in [0.15, 0.2) is 72.8 Å². The van der Waals surface area contributed by atoms with E-state index in [4.69, 9.17) is 9.47 Å². The van der Waals surface area contributed by atoms with E-state index in [-0.39, 0.29) is 17.9 Å². The molecule has 0 radical (unpaired) electrons.